The summed E-state index contributed by atoms with van der Waals surface area (Å²) < 4.78 is 0. The molecule has 0 radical (unpaired) electrons. The van der Waals surface area contributed by atoms with E-state index in [1.54, 1.807) is 36.5 Å². The first-order chi connectivity index (χ1) is 10.6. The van der Waals surface area contributed by atoms with Crippen LogP contribution in [-0.2, 0) is 0 Å². The highest BCUT2D eigenvalue weighted by atomic mass is 35.5. The molecule has 22 heavy (non-hydrogen) atoms. The minimum atomic E-state index is 0.0188. The maximum atomic E-state index is 12.4. The SMILES string of the molecule is O=C(c1ccc(Cl)cc1)N1CCN(c2cncc(O)c2)CC1. The second kappa shape index (κ2) is 6.23. The van der Waals surface area contributed by atoms with Crippen molar-refractivity contribution in [1.82, 2.24) is 9.88 Å². The molecular weight excluding hydrogens is 302 g/mol. The summed E-state index contributed by atoms with van der Waals surface area (Å²) in [5.41, 5.74) is 1.52. The number of hydrogen-bond donors (Lipinski definition) is 1. The Hall–Kier alpha value is -2.27. The van der Waals surface area contributed by atoms with Crippen LogP contribution < -0.4 is 4.90 Å². The van der Waals surface area contributed by atoms with Crippen LogP contribution in [-0.4, -0.2) is 47.1 Å². The number of carbonyl (C=O) groups is 1. The molecule has 114 valence electrons. The van der Waals surface area contributed by atoms with E-state index in [0.717, 1.165) is 5.69 Å². The zero-order valence-corrected chi connectivity index (χ0v) is 12.7. The molecule has 1 amide bonds. The largest absolute Gasteiger partial charge is 0.506 e. The molecule has 1 saturated heterocycles. The number of anilines is 1. The van der Waals surface area contributed by atoms with Crippen molar-refractivity contribution in [2.45, 2.75) is 0 Å². The average molecular weight is 318 g/mol. The van der Waals surface area contributed by atoms with Crippen LogP contribution in [0.2, 0.25) is 5.02 Å². The molecule has 0 aliphatic carbocycles. The van der Waals surface area contributed by atoms with Crippen molar-refractivity contribution in [3.8, 4) is 5.75 Å². The van der Waals surface area contributed by atoms with Crippen molar-refractivity contribution in [2.75, 3.05) is 31.1 Å². The van der Waals surface area contributed by atoms with E-state index in [1.165, 1.54) is 6.20 Å². The topological polar surface area (TPSA) is 56.7 Å². The third kappa shape index (κ3) is 3.14. The zero-order chi connectivity index (χ0) is 15.5. The summed E-state index contributed by atoms with van der Waals surface area (Å²) in [5.74, 6) is 0.169. The van der Waals surface area contributed by atoms with E-state index < -0.39 is 0 Å². The number of carbonyl (C=O) groups excluding carboxylic acids is 1. The number of amides is 1. The standard InChI is InChI=1S/C16H16ClN3O2/c17-13-3-1-12(2-4-13)16(22)20-7-5-19(6-8-20)14-9-15(21)11-18-10-14/h1-4,9-11,21H,5-8H2. The molecule has 0 spiro atoms. The minimum absolute atomic E-state index is 0.0188. The second-order valence-corrected chi connectivity index (χ2v) is 5.62. The fourth-order valence-corrected chi connectivity index (χ4v) is 2.66. The minimum Gasteiger partial charge on any atom is -0.506 e. The van der Waals surface area contributed by atoms with Gasteiger partial charge >= 0.3 is 0 Å². The maximum Gasteiger partial charge on any atom is 0.253 e. The molecule has 1 aromatic heterocycles. The first kappa shape index (κ1) is 14.7. The van der Waals surface area contributed by atoms with Crippen molar-refractivity contribution in [1.29, 1.82) is 0 Å². The summed E-state index contributed by atoms with van der Waals surface area (Å²) in [6, 6.07) is 8.63. The number of piperazine rings is 1. The highest BCUT2D eigenvalue weighted by molar-refractivity contribution is 6.30. The summed E-state index contributed by atoms with van der Waals surface area (Å²) >= 11 is 5.84. The number of pyridine rings is 1. The predicted octanol–water partition coefficient (Wildman–Crippen LogP) is 2.40. The molecule has 2 aromatic rings. The molecule has 6 heteroatoms. The molecule has 0 unspecified atom stereocenters. The lowest BCUT2D eigenvalue weighted by atomic mass is 10.2. The van der Waals surface area contributed by atoms with E-state index in [4.69, 9.17) is 11.6 Å². The third-order valence-electron chi connectivity index (χ3n) is 3.73. The number of nitrogens with zero attached hydrogens (tertiary/aromatic N) is 3. The Balaban J connectivity index is 1.64. The lowest BCUT2D eigenvalue weighted by Crippen LogP contribution is -2.48. The quantitative estimate of drug-likeness (QED) is 0.924. The highest BCUT2D eigenvalue weighted by Gasteiger charge is 2.22. The van der Waals surface area contributed by atoms with Crippen LogP contribution >= 0.6 is 11.6 Å². The lowest BCUT2D eigenvalue weighted by molar-refractivity contribution is 0.0746. The Bertz CT molecular complexity index is 667. The van der Waals surface area contributed by atoms with Crippen LogP contribution in [0.25, 0.3) is 0 Å². The molecule has 0 bridgehead atoms. The summed E-state index contributed by atoms with van der Waals surface area (Å²) in [6.45, 7) is 2.70. The van der Waals surface area contributed by atoms with Crippen LogP contribution in [0, 0.1) is 0 Å². The molecule has 3 rings (SSSR count). The van der Waals surface area contributed by atoms with Gasteiger partial charge in [0.25, 0.3) is 5.91 Å². The maximum absolute atomic E-state index is 12.4. The molecule has 5 nitrogen and oxygen atoms in total. The fraction of sp³-hybridized carbons (Fsp3) is 0.250. The lowest BCUT2D eigenvalue weighted by Gasteiger charge is -2.36. The average Bonchev–Trinajstić information content (AvgIpc) is 2.55. The molecule has 0 saturated carbocycles. The van der Waals surface area contributed by atoms with Crippen molar-refractivity contribution < 1.29 is 9.90 Å². The summed E-state index contributed by atoms with van der Waals surface area (Å²) in [7, 11) is 0. The number of aromatic nitrogens is 1. The van der Waals surface area contributed by atoms with Gasteiger partial charge in [-0.2, -0.15) is 0 Å². The van der Waals surface area contributed by atoms with Crippen molar-refractivity contribution in [3.05, 3.63) is 53.3 Å². The van der Waals surface area contributed by atoms with E-state index in [9.17, 15) is 9.90 Å². The van der Waals surface area contributed by atoms with Crippen molar-refractivity contribution in [3.63, 3.8) is 0 Å². The number of rotatable bonds is 2. The molecule has 1 aromatic carbocycles. The Morgan fingerprint density at radius 1 is 1.09 bits per heavy atom. The Morgan fingerprint density at radius 2 is 1.77 bits per heavy atom. The second-order valence-electron chi connectivity index (χ2n) is 5.19. The Morgan fingerprint density at radius 3 is 2.41 bits per heavy atom. The van der Waals surface area contributed by atoms with E-state index in [0.29, 0.717) is 36.8 Å². The van der Waals surface area contributed by atoms with Crippen LogP contribution in [0.1, 0.15) is 10.4 Å². The summed E-state index contributed by atoms with van der Waals surface area (Å²) in [4.78, 5) is 20.3. The number of benzene rings is 1. The van der Waals surface area contributed by atoms with Gasteiger partial charge in [0.05, 0.1) is 18.1 Å². The smallest absolute Gasteiger partial charge is 0.253 e. The Kier molecular flexibility index (Phi) is 4.15. The van der Waals surface area contributed by atoms with Gasteiger partial charge in [-0.05, 0) is 24.3 Å². The van der Waals surface area contributed by atoms with Crippen LogP contribution in [0.15, 0.2) is 42.7 Å². The first-order valence-electron chi connectivity index (χ1n) is 7.07. The number of hydrogen-bond acceptors (Lipinski definition) is 4. The van der Waals surface area contributed by atoms with Crippen molar-refractivity contribution >= 4 is 23.2 Å². The van der Waals surface area contributed by atoms with Crippen LogP contribution in [0.3, 0.4) is 0 Å². The molecule has 1 fully saturated rings. The molecule has 2 heterocycles. The van der Waals surface area contributed by atoms with E-state index in [2.05, 4.69) is 9.88 Å². The normalized spacial score (nSPS) is 15.0. The molecule has 1 aliphatic heterocycles. The fourth-order valence-electron chi connectivity index (χ4n) is 2.53. The molecule has 1 N–H and O–H groups in total. The molecule has 0 atom stereocenters. The summed E-state index contributed by atoms with van der Waals surface area (Å²) in [5, 5.41) is 10.1. The van der Waals surface area contributed by atoms with E-state index >= 15 is 0 Å². The monoisotopic (exact) mass is 317 g/mol. The predicted molar refractivity (Wildman–Crippen MR) is 85.5 cm³/mol. The van der Waals surface area contributed by atoms with E-state index in [1.807, 2.05) is 4.90 Å². The van der Waals surface area contributed by atoms with Gasteiger partial charge in [0.15, 0.2) is 0 Å². The number of aromatic hydroxyl groups is 1. The zero-order valence-electron chi connectivity index (χ0n) is 11.9. The molecule has 1 aliphatic rings. The van der Waals surface area contributed by atoms with Gasteiger partial charge in [-0.15, -0.1) is 0 Å². The van der Waals surface area contributed by atoms with Gasteiger partial charge in [0.2, 0.25) is 0 Å². The van der Waals surface area contributed by atoms with Gasteiger partial charge in [-0.3, -0.25) is 9.78 Å². The third-order valence-corrected chi connectivity index (χ3v) is 3.98. The highest BCUT2D eigenvalue weighted by Crippen LogP contribution is 2.20. The van der Waals surface area contributed by atoms with Crippen molar-refractivity contribution in [2.24, 2.45) is 0 Å². The number of halogens is 1. The first-order valence-corrected chi connectivity index (χ1v) is 7.45. The van der Waals surface area contributed by atoms with E-state index in [-0.39, 0.29) is 11.7 Å². The van der Waals surface area contributed by atoms with Crippen LogP contribution in [0.4, 0.5) is 5.69 Å². The Labute approximate surface area is 133 Å². The van der Waals surface area contributed by atoms with Gasteiger partial charge in [0.1, 0.15) is 5.75 Å². The summed E-state index contributed by atoms with van der Waals surface area (Å²) in [6.07, 6.45) is 3.13. The van der Waals surface area contributed by atoms with Gasteiger partial charge in [-0.25, -0.2) is 0 Å². The molecular formula is C16H16ClN3O2. The van der Waals surface area contributed by atoms with Gasteiger partial charge in [-0.1, -0.05) is 11.6 Å². The van der Waals surface area contributed by atoms with Gasteiger partial charge in [0, 0.05) is 42.8 Å². The van der Waals surface area contributed by atoms with Crippen LogP contribution in [0.5, 0.6) is 5.75 Å². The van der Waals surface area contributed by atoms with Gasteiger partial charge < -0.3 is 14.9 Å².